The standard InChI is InChI=1S/C12H21NO4/c13-6-3-9-7-10(8-11(14)15)17-12(16-9)4-1-2-5-12/h9-10H,1-8,13H2,(H,14,15)/t9-,10+/m0/s1. The maximum absolute atomic E-state index is 10.8. The number of hydrogen-bond acceptors (Lipinski definition) is 4. The minimum atomic E-state index is -0.809. The van der Waals surface area contributed by atoms with Crippen molar-refractivity contribution in [3.63, 3.8) is 0 Å². The molecule has 1 saturated heterocycles. The van der Waals surface area contributed by atoms with Crippen molar-refractivity contribution in [3.8, 4) is 0 Å². The minimum Gasteiger partial charge on any atom is -0.481 e. The summed E-state index contributed by atoms with van der Waals surface area (Å²) < 4.78 is 11.9. The predicted octanol–water partition coefficient (Wildman–Crippen LogP) is 1.25. The molecule has 5 heteroatoms. The molecule has 1 heterocycles. The van der Waals surface area contributed by atoms with Crippen LogP contribution in [0.25, 0.3) is 0 Å². The van der Waals surface area contributed by atoms with Crippen LogP contribution in [0, 0.1) is 0 Å². The van der Waals surface area contributed by atoms with Crippen LogP contribution in [0.5, 0.6) is 0 Å². The van der Waals surface area contributed by atoms with Crippen LogP contribution in [-0.4, -0.2) is 35.6 Å². The molecule has 5 nitrogen and oxygen atoms in total. The SMILES string of the molecule is NCC[C@H]1C[C@H](CC(=O)O)OC2(CCCC2)O1. The first-order chi connectivity index (χ1) is 8.13. The van der Waals surface area contributed by atoms with Gasteiger partial charge in [-0.1, -0.05) is 0 Å². The van der Waals surface area contributed by atoms with Crippen molar-refractivity contribution >= 4 is 5.97 Å². The van der Waals surface area contributed by atoms with E-state index >= 15 is 0 Å². The summed E-state index contributed by atoms with van der Waals surface area (Å²) in [4.78, 5) is 10.8. The van der Waals surface area contributed by atoms with Gasteiger partial charge in [0.1, 0.15) is 0 Å². The number of carboxylic acid groups (broad SMARTS) is 1. The molecule has 0 aromatic rings. The fourth-order valence-corrected chi connectivity index (χ4v) is 2.86. The smallest absolute Gasteiger partial charge is 0.305 e. The van der Waals surface area contributed by atoms with Gasteiger partial charge < -0.3 is 20.3 Å². The van der Waals surface area contributed by atoms with E-state index in [1.165, 1.54) is 0 Å². The number of carbonyl (C=O) groups is 1. The van der Waals surface area contributed by atoms with Crippen molar-refractivity contribution in [2.75, 3.05) is 6.54 Å². The van der Waals surface area contributed by atoms with Gasteiger partial charge in [0.25, 0.3) is 0 Å². The van der Waals surface area contributed by atoms with Crippen LogP contribution >= 0.6 is 0 Å². The van der Waals surface area contributed by atoms with Gasteiger partial charge in [0.2, 0.25) is 0 Å². The summed E-state index contributed by atoms with van der Waals surface area (Å²) in [6.07, 6.45) is 5.25. The number of rotatable bonds is 4. The molecule has 0 amide bonds. The third-order valence-electron chi connectivity index (χ3n) is 3.54. The van der Waals surface area contributed by atoms with Gasteiger partial charge in [-0.25, -0.2) is 0 Å². The van der Waals surface area contributed by atoms with E-state index < -0.39 is 11.8 Å². The summed E-state index contributed by atoms with van der Waals surface area (Å²) in [6.45, 7) is 0.570. The van der Waals surface area contributed by atoms with Gasteiger partial charge in [-0.05, 0) is 25.8 Å². The predicted molar refractivity (Wildman–Crippen MR) is 61.5 cm³/mol. The molecule has 3 N–H and O–H groups in total. The van der Waals surface area contributed by atoms with Crippen LogP contribution in [0.4, 0.5) is 0 Å². The van der Waals surface area contributed by atoms with Crippen LogP contribution in [0.1, 0.15) is 44.9 Å². The molecule has 0 aromatic heterocycles. The van der Waals surface area contributed by atoms with Gasteiger partial charge in [-0.2, -0.15) is 0 Å². The molecule has 1 saturated carbocycles. The van der Waals surface area contributed by atoms with E-state index in [9.17, 15) is 4.79 Å². The van der Waals surface area contributed by atoms with E-state index in [4.69, 9.17) is 20.3 Å². The van der Waals surface area contributed by atoms with Crippen LogP contribution in [-0.2, 0) is 14.3 Å². The second kappa shape index (κ2) is 5.33. The molecule has 0 unspecified atom stereocenters. The summed E-state index contributed by atoms with van der Waals surface area (Å²) in [5, 5.41) is 8.87. The summed E-state index contributed by atoms with van der Waals surface area (Å²) in [5.41, 5.74) is 5.56. The molecule has 2 atom stereocenters. The Morgan fingerprint density at radius 2 is 1.94 bits per heavy atom. The summed E-state index contributed by atoms with van der Waals surface area (Å²) in [5.74, 6) is -1.32. The molecule has 0 aromatic carbocycles. The maximum Gasteiger partial charge on any atom is 0.305 e. The first-order valence-corrected chi connectivity index (χ1v) is 6.41. The molecule has 98 valence electrons. The van der Waals surface area contributed by atoms with Gasteiger partial charge in [-0.3, -0.25) is 4.79 Å². The molecular formula is C12H21NO4. The number of ether oxygens (including phenoxy) is 2. The Labute approximate surface area is 101 Å². The first kappa shape index (κ1) is 12.8. The maximum atomic E-state index is 10.8. The largest absolute Gasteiger partial charge is 0.481 e. The Morgan fingerprint density at radius 3 is 2.53 bits per heavy atom. The third-order valence-corrected chi connectivity index (χ3v) is 3.54. The zero-order valence-corrected chi connectivity index (χ0v) is 10.1. The molecule has 1 spiro atoms. The summed E-state index contributed by atoms with van der Waals surface area (Å²) in [6, 6.07) is 0. The highest BCUT2D eigenvalue weighted by Crippen LogP contribution is 2.41. The average Bonchev–Trinajstić information content (AvgIpc) is 2.64. The summed E-state index contributed by atoms with van der Waals surface area (Å²) in [7, 11) is 0. The fraction of sp³-hybridized carbons (Fsp3) is 0.917. The number of carboxylic acids is 1. The van der Waals surface area contributed by atoms with Crippen molar-refractivity contribution < 1.29 is 19.4 Å². The second-order valence-electron chi connectivity index (χ2n) is 5.01. The average molecular weight is 243 g/mol. The lowest BCUT2D eigenvalue weighted by Gasteiger charge is -2.42. The molecule has 1 aliphatic heterocycles. The van der Waals surface area contributed by atoms with Gasteiger partial charge in [0, 0.05) is 19.3 Å². The van der Waals surface area contributed by atoms with Crippen LogP contribution in [0.3, 0.4) is 0 Å². The Kier molecular flexibility index (Phi) is 4.01. The first-order valence-electron chi connectivity index (χ1n) is 6.41. The van der Waals surface area contributed by atoms with Crippen LogP contribution in [0.2, 0.25) is 0 Å². The van der Waals surface area contributed by atoms with Crippen molar-refractivity contribution in [3.05, 3.63) is 0 Å². The van der Waals surface area contributed by atoms with Crippen LogP contribution in [0.15, 0.2) is 0 Å². The van der Waals surface area contributed by atoms with E-state index in [1.807, 2.05) is 0 Å². The second-order valence-corrected chi connectivity index (χ2v) is 5.01. The number of aliphatic carboxylic acids is 1. The lowest BCUT2D eigenvalue weighted by atomic mass is 10.0. The molecule has 0 bridgehead atoms. The molecule has 17 heavy (non-hydrogen) atoms. The van der Waals surface area contributed by atoms with Crippen molar-refractivity contribution in [1.29, 1.82) is 0 Å². The zero-order valence-electron chi connectivity index (χ0n) is 10.1. The topological polar surface area (TPSA) is 81.8 Å². The van der Waals surface area contributed by atoms with Gasteiger partial charge in [0.15, 0.2) is 5.79 Å². The van der Waals surface area contributed by atoms with E-state index in [2.05, 4.69) is 0 Å². The van der Waals surface area contributed by atoms with E-state index in [0.717, 1.165) is 32.1 Å². The third kappa shape index (κ3) is 3.18. The molecule has 2 fully saturated rings. The van der Waals surface area contributed by atoms with Crippen molar-refractivity contribution in [2.45, 2.75) is 62.9 Å². The monoisotopic (exact) mass is 243 g/mol. The highest BCUT2D eigenvalue weighted by atomic mass is 16.7. The van der Waals surface area contributed by atoms with E-state index in [1.54, 1.807) is 0 Å². The van der Waals surface area contributed by atoms with Gasteiger partial charge in [0.05, 0.1) is 18.6 Å². The molecule has 0 radical (unpaired) electrons. The highest BCUT2D eigenvalue weighted by Gasteiger charge is 2.44. The Morgan fingerprint density at radius 1 is 1.29 bits per heavy atom. The van der Waals surface area contributed by atoms with E-state index in [-0.39, 0.29) is 18.6 Å². The van der Waals surface area contributed by atoms with Crippen molar-refractivity contribution in [1.82, 2.24) is 0 Å². The van der Waals surface area contributed by atoms with Gasteiger partial charge in [-0.15, -0.1) is 0 Å². The lowest BCUT2D eigenvalue weighted by molar-refractivity contribution is -0.314. The van der Waals surface area contributed by atoms with E-state index in [0.29, 0.717) is 13.0 Å². The quantitative estimate of drug-likeness (QED) is 0.776. The molecule has 2 rings (SSSR count). The Hall–Kier alpha value is -0.650. The molecule has 2 aliphatic rings. The fourth-order valence-electron chi connectivity index (χ4n) is 2.86. The normalized spacial score (nSPS) is 31.8. The lowest BCUT2D eigenvalue weighted by Crippen LogP contribution is -2.47. The van der Waals surface area contributed by atoms with Gasteiger partial charge >= 0.3 is 5.97 Å². The van der Waals surface area contributed by atoms with Crippen molar-refractivity contribution in [2.24, 2.45) is 5.73 Å². The molecule has 1 aliphatic carbocycles. The highest BCUT2D eigenvalue weighted by molar-refractivity contribution is 5.67. The van der Waals surface area contributed by atoms with Crippen LogP contribution < -0.4 is 5.73 Å². The minimum absolute atomic E-state index is 0.0520. The molecular weight excluding hydrogens is 222 g/mol. The number of nitrogens with two attached hydrogens (primary N) is 1. The summed E-state index contributed by atoms with van der Waals surface area (Å²) >= 11 is 0. The number of hydrogen-bond donors (Lipinski definition) is 2. The Balaban J connectivity index is 2.01. The zero-order chi connectivity index (χ0) is 12.3. The Bertz CT molecular complexity index is 276.